The summed E-state index contributed by atoms with van der Waals surface area (Å²) in [5.41, 5.74) is 3.98. The van der Waals surface area contributed by atoms with E-state index in [1.165, 1.54) is 6.07 Å². The van der Waals surface area contributed by atoms with Gasteiger partial charge in [0.25, 0.3) is 0 Å². The topological polar surface area (TPSA) is 78.4 Å². The zero-order valence-corrected chi connectivity index (χ0v) is 21.3. The Bertz CT molecular complexity index is 1420. The molecule has 1 unspecified atom stereocenters. The Morgan fingerprint density at radius 2 is 1.86 bits per heavy atom. The zero-order valence-electron chi connectivity index (χ0n) is 20.5. The Morgan fingerprint density at radius 1 is 1.11 bits per heavy atom. The number of piperidine rings is 1. The van der Waals surface area contributed by atoms with Gasteiger partial charge in [0.2, 0.25) is 0 Å². The third-order valence-electron chi connectivity index (χ3n) is 7.04. The summed E-state index contributed by atoms with van der Waals surface area (Å²) in [6, 6.07) is 16.4. The second kappa shape index (κ2) is 10.7. The van der Waals surface area contributed by atoms with Crippen molar-refractivity contribution in [3.05, 3.63) is 83.4 Å². The predicted octanol–water partition coefficient (Wildman–Crippen LogP) is 6.95. The standard InChI is InChI=1S/C29H28ClFN4O2/c1-18(22-4-2-3-5-25(22)31)34-29-23-15-20(6-8-26(23)32-17-24(29)30)21-7-9-27(33-16-21)35-12-10-19(11-13-35)14-28(36)37/h2-9,15-19H,10-14H2,1H3,(H,32,34)(H,36,37). The number of aliphatic carboxylic acids is 1. The number of hydrogen-bond donors (Lipinski definition) is 2. The van der Waals surface area contributed by atoms with Crippen LogP contribution in [0.4, 0.5) is 15.9 Å². The number of nitrogens with one attached hydrogen (secondary N) is 1. The second-order valence-electron chi connectivity index (χ2n) is 9.53. The number of benzene rings is 2. The molecule has 5 rings (SSSR count). The number of carboxylic acid groups (broad SMARTS) is 1. The van der Waals surface area contributed by atoms with E-state index in [0.29, 0.717) is 16.3 Å². The van der Waals surface area contributed by atoms with Crippen molar-refractivity contribution in [3.63, 3.8) is 0 Å². The quantitative estimate of drug-likeness (QED) is 0.275. The van der Waals surface area contributed by atoms with Crippen LogP contribution in [0.3, 0.4) is 0 Å². The van der Waals surface area contributed by atoms with Crippen molar-refractivity contribution in [1.29, 1.82) is 0 Å². The molecule has 8 heteroatoms. The number of carbonyl (C=O) groups is 1. The third kappa shape index (κ3) is 5.52. The lowest BCUT2D eigenvalue weighted by atomic mass is 9.93. The number of anilines is 2. The summed E-state index contributed by atoms with van der Waals surface area (Å²) < 4.78 is 14.4. The van der Waals surface area contributed by atoms with Crippen molar-refractivity contribution in [2.75, 3.05) is 23.3 Å². The number of fused-ring (bicyclic) bond motifs is 1. The molecule has 0 aliphatic carbocycles. The first-order valence-electron chi connectivity index (χ1n) is 12.4. The molecule has 0 radical (unpaired) electrons. The van der Waals surface area contributed by atoms with Crippen molar-refractivity contribution in [2.24, 2.45) is 5.92 Å². The van der Waals surface area contributed by atoms with E-state index in [1.807, 2.05) is 49.5 Å². The fourth-order valence-corrected chi connectivity index (χ4v) is 5.18. The smallest absolute Gasteiger partial charge is 0.303 e. The Kier molecular flexibility index (Phi) is 7.24. The molecule has 2 N–H and O–H groups in total. The highest BCUT2D eigenvalue weighted by Gasteiger charge is 2.22. The molecule has 1 aliphatic heterocycles. The van der Waals surface area contributed by atoms with E-state index < -0.39 is 5.97 Å². The number of aromatic nitrogens is 2. The van der Waals surface area contributed by atoms with Crippen molar-refractivity contribution < 1.29 is 14.3 Å². The molecule has 37 heavy (non-hydrogen) atoms. The number of rotatable bonds is 7. The van der Waals surface area contributed by atoms with Gasteiger partial charge in [0.05, 0.1) is 22.3 Å². The van der Waals surface area contributed by atoms with Gasteiger partial charge >= 0.3 is 5.97 Å². The minimum Gasteiger partial charge on any atom is -0.481 e. The van der Waals surface area contributed by atoms with Gasteiger partial charge in [-0.25, -0.2) is 9.37 Å². The molecule has 190 valence electrons. The molecule has 2 aromatic heterocycles. The Labute approximate surface area is 220 Å². The Balaban J connectivity index is 1.38. The first kappa shape index (κ1) is 25.0. The van der Waals surface area contributed by atoms with Crippen LogP contribution >= 0.6 is 11.6 Å². The molecule has 1 fully saturated rings. The number of pyridine rings is 2. The van der Waals surface area contributed by atoms with Gasteiger partial charge in [0.1, 0.15) is 11.6 Å². The molecular formula is C29H28ClFN4O2. The molecule has 0 spiro atoms. The summed E-state index contributed by atoms with van der Waals surface area (Å²) in [7, 11) is 0. The van der Waals surface area contributed by atoms with Gasteiger partial charge in [-0.15, -0.1) is 0 Å². The molecule has 2 aromatic carbocycles. The summed E-state index contributed by atoms with van der Waals surface area (Å²) in [5, 5.41) is 13.7. The van der Waals surface area contributed by atoms with E-state index in [2.05, 4.69) is 15.2 Å². The van der Waals surface area contributed by atoms with Crippen LogP contribution < -0.4 is 10.2 Å². The molecule has 1 atom stereocenters. The average Bonchev–Trinajstić information content (AvgIpc) is 2.90. The van der Waals surface area contributed by atoms with Crippen molar-refractivity contribution in [3.8, 4) is 11.1 Å². The monoisotopic (exact) mass is 518 g/mol. The van der Waals surface area contributed by atoms with Crippen LogP contribution in [-0.4, -0.2) is 34.1 Å². The highest BCUT2D eigenvalue weighted by atomic mass is 35.5. The van der Waals surface area contributed by atoms with Gasteiger partial charge in [-0.1, -0.05) is 35.9 Å². The molecule has 0 saturated carbocycles. The lowest BCUT2D eigenvalue weighted by Crippen LogP contribution is -2.34. The van der Waals surface area contributed by atoms with Crippen LogP contribution in [0.5, 0.6) is 0 Å². The highest BCUT2D eigenvalue weighted by Crippen LogP contribution is 2.35. The Hall–Kier alpha value is -3.71. The lowest BCUT2D eigenvalue weighted by Gasteiger charge is -2.32. The summed E-state index contributed by atoms with van der Waals surface area (Å²) in [6.45, 7) is 3.51. The van der Waals surface area contributed by atoms with Gasteiger partial charge in [0, 0.05) is 48.4 Å². The summed E-state index contributed by atoms with van der Waals surface area (Å²) in [4.78, 5) is 22.4. The summed E-state index contributed by atoms with van der Waals surface area (Å²) in [5.74, 6) is 0.127. The maximum Gasteiger partial charge on any atom is 0.303 e. The van der Waals surface area contributed by atoms with E-state index in [0.717, 1.165) is 53.8 Å². The van der Waals surface area contributed by atoms with Crippen molar-refractivity contribution in [1.82, 2.24) is 9.97 Å². The number of carboxylic acids is 1. The van der Waals surface area contributed by atoms with Gasteiger partial charge in [-0.05, 0) is 61.6 Å². The largest absolute Gasteiger partial charge is 0.481 e. The minimum absolute atomic E-state index is 0.231. The first-order chi connectivity index (χ1) is 17.9. The SMILES string of the molecule is CC(Nc1c(Cl)cnc2ccc(-c3ccc(N4CCC(CC(=O)O)CC4)nc3)cc12)c1ccccc1F. The Morgan fingerprint density at radius 3 is 2.57 bits per heavy atom. The van der Waals surface area contributed by atoms with Gasteiger partial charge < -0.3 is 15.3 Å². The van der Waals surface area contributed by atoms with E-state index in [4.69, 9.17) is 21.7 Å². The molecule has 1 saturated heterocycles. The van der Waals surface area contributed by atoms with Gasteiger partial charge in [0.15, 0.2) is 0 Å². The molecule has 0 bridgehead atoms. The molecule has 0 amide bonds. The van der Waals surface area contributed by atoms with Crippen molar-refractivity contribution >= 4 is 40.0 Å². The maximum atomic E-state index is 14.4. The number of nitrogens with zero attached hydrogens (tertiary/aromatic N) is 3. The average molecular weight is 519 g/mol. The number of halogens is 2. The number of hydrogen-bond acceptors (Lipinski definition) is 5. The predicted molar refractivity (Wildman–Crippen MR) is 146 cm³/mol. The maximum absolute atomic E-state index is 14.4. The first-order valence-corrected chi connectivity index (χ1v) is 12.8. The third-order valence-corrected chi connectivity index (χ3v) is 7.32. The van der Waals surface area contributed by atoms with Crippen LogP contribution in [0.2, 0.25) is 5.02 Å². The fourth-order valence-electron chi connectivity index (χ4n) is 4.97. The van der Waals surface area contributed by atoms with Crippen LogP contribution in [0.25, 0.3) is 22.0 Å². The van der Waals surface area contributed by atoms with Crippen molar-refractivity contribution in [2.45, 2.75) is 32.2 Å². The summed E-state index contributed by atoms with van der Waals surface area (Å²) >= 11 is 6.55. The fraction of sp³-hybridized carbons (Fsp3) is 0.276. The molecule has 4 aromatic rings. The highest BCUT2D eigenvalue weighted by molar-refractivity contribution is 6.34. The van der Waals surface area contributed by atoms with Crippen LogP contribution in [-0.2, 0) is 4.79 Å². The minimum atomic E-state index is -0.729. The van der Waals surface area contributed by atoms with Crippen LogP contribution in [0.15, 0.2) is 67.0 Å². The molecule has 1 aliphatic rings. The van der Waals surface area contributed by atoms with E-state index in [9.17, 15) is 9.18 Å². The van der Waals surface area contributed by atoms with E-state index in [1.54, 1.807) is 18.3 Å². The van der Waals surface area contributed by atoms with Crippen LogP contribution in [0, 0.1) is 11.7 Å². The van der Waals surface area contributed by atoms with E-state index >= 15 is 0 Å². The zero-order chi connectivity index (χ0) is 25.9. The lowest BCUT2D eigenvalue weighted by molar-refractivity contribution is -0.138. The molecule has 3 heterocycles. The van der Waals surface area contributed by atoms with Gasteiger partial charge in [-0.2, -0.15) is 0 Å². The summed E-state index contributed by atoms with van der Waals surface area (Å²) in [6.07, 6.45) is 5.41. The van der Waals surface area contributed by atoms with E-state index in [-0.39, 0.29) is 24.2 Å². The normalized spacial score (nSPS) is 15.1. The molecular weight excluding hydrogens is 491 g/mol. The molecule has 6 nitrogen and oxygen atoms in total. The second-order valence-corrected chi connectivity index (χ2v) is 9.94. The van der Waals surface area contributed by atoms with Crippen LogP contribution in [0.1, 0.15) is 37.8 Å². The van der Waals surface area contributed by atoms with Gasteiger partial charge in [-0.3, -0.25) is 9.78 Å².